The number of nitrogens with one attached hydrogen (secondary N) is 2. The molecule has 2 rings (SSSR count). The number of nitrogens with zero attached hydrogens (tertiary/aromatic N) is 1. The molecule has 1 aliphatic rings. The number of hydrogen-bond acceptors (Lipinski definition) is 6. The van der Waals surface area contributed by atoms with Gasteiger partial charge < -0.3 is 15.0 Å². The van der Waals surface area contributed by atoms with Crippen molar-refractivity contribution in [3.8, 4) is 0 Å². The zero-order valence-electron chi connectivity index (χ0n) is 13.7. The Balaban J connectivity index is 1.98. The van der Waals surface area contributed by atoms with Crippen LogP contribution in [0.5, 0.6) is 0 Å². The van der Waals surface area contributed by atoms with Crippen LogP contribution in [0.15, 0.2) is 23.6 Å². The SMILES string of the molecule is CCOC(=O)C[C@H]1C(=O)NCCN1C(=S)NC(=O)/C=C/c1cccs1. The lowest BCUT2D eigenvalue weighted by Gasteiger charge is -2.36. The van der Waals surface area contributed by atoms with Gasteiger partial charge in [-0.25, -0.2) is 0 Å². The Bertz CT molecular complexity index is 673. The molecule has 134 valence electrons. The molecule has 1 fully saturated rings. The van der Waals surface area contributed by atoms with E-state index < -0.39 is 12.0 Å². The van der Waals surface area contributed by atoms with Crippen LogP contribution in [-0.4, -0.2) is 53.5 Å². The van der Waals surface area contributed by atoms with Crippen LogP contribution in [0.3, 0.4) is 0 Å². The monoisotopic (exact) mass is 381 g/mol. The Hall–Kier alpha value is -2.26. The quantitative estimate of drug-likeness (QED) is 0.448. The molecule has 1 aliphatic heterocycles. The van der Waals surface area contributed by atoms with E-state index in [0.29, 0.717) is 13.1 Å². The average Bonchev–Trinajstić information content (AvgIpc) is 3.08. The van der Waals surface area contributed by atoms with Crippen LogP contribution < -0.4 is 10.6 Å². The summed E-state index contributed by atoms with van der Waals surface area (Å²) in [5.74, 6) is -1.19. The summed E-state index contributed by atoms with van der Waals surface area (Å²) in [5, 5.41) is 7.29. The predicted molar refractivity (Wildman–Crippen MR) is 98.8 cm³/mol. The second-order valence-electron chi connectivity index (χ2n) is 5.15. The maximum Gasteiger partial charge on any atom is 0.308 e. The van der Waals surface area contributed by atoms with Crippen LogP contribution in [0.25, 0.3) is 6.08 Å². The third-order valence-electron chi connectivity index (χ3n) is 3.43. The molecule has 1 atom stereocenters. The van der Waals surface area contributed by atoms with Gasteiger partial charge in [0.05, 0.1) is 13.0 Å². The summed E-state index contributed by atoms with van der Waals surface area (Å²) < 4.78 is 4.90. The van der Waals surface area contributed by atoms with Crippen LogP contribution in [0.4, 0.5) is 0 Å². The lowest BCUT2D eigenvalue weighted by Crippen LogP contribution is -2.60. The summed E-state index contributed by atoms with van der Waals surface area (Å²) in [5.41, 5.74) is 0. The van der Waals surface area contributed by atoms with Crippen molar-refractivity contribution in [2.24, 2.45) is 0 Å². The third kappa shape index (κ3) is 5.64. The normalized spacial score (nSPS) is 17.2. The number of thiophene rings is 1. The van der Waals surface area contributed by atoms with E-state index in [4.69, 9.17) is 17.0 Å². The largest absolute Gasteiger partial charge is 0.466 e. The first-order valence-electron chi connectivity index (χ1n) is 7.77. The van der Waals surface area contributed by atoms with Crippen molar-refractivity contribution in [2.75, 3.05) is 19.7 Å². The summed E-state index contributed by atoms with van der Waals surface area (Å²) in [4.78, 5) is 38.3. The number of thiocarbonyl (C=S) groups is 1. The Morgan fingerprint density at radius 3 is 3.04 bits per heavy atom. The van der Waals surface area contributed by atoms with Crippen molar-refractivity contribution in [3.05, 3.63) is 28.5 Å². The van der Waals surface area contributed by atoms with E-state index in [9.17, 15) is 14.4 Å². The summed E-state index contributed by atoms with van der Waals surface area (Å²) in [6.45, 7) is 2.73. The molecule has 2 amide bonds. The standard InChI is InChI=1S/C16H19N3O4S2/c1-2-23-14(21)10-12-15(22)17-7-8-19(12)16(24)18-13(20)6-5-11-4-3-9-25-11/h3-6,9,12H,2,7-8,10H2,1H3,(H,17,22)(H,18,20,24)/b6-5+/t12-/m0/s1. The van der Waals surface area contributed by atoms with Gasteiger partial charge in [-0.2, -0.15) is 0 Å². The molecule has 2 N–H and O–H groups in total. The van der Waals surface area contributed by atoms with Gasteiger partial charge in [0.2, 0.25) is 11.8 Å². The van der Waals surface area contributed by atoms with Gasteiger partial charge in [0, 0.05) is 24.0 Å². The van der Waals surface area contributed by atoms with E-state index in [2.05, 4.69) is 10.6 Å². The van der Waals surface area contributed by atoms with Gasteiger partial charge in [0.15, 0.2) is 5.11 Å². The summed E-state index contributed by atoms with van der Waals surface area (Å²) >= 11 is 6.75. The van der Waals surface area contributed by atoms with Crippen LogP contribution in [0.1, 0.15) is 18.2 Å². The van der Waals surface area contributed by atoms with Crippen LogP contribution in [0, 0.1) is 0 Å². The Labute approximate surface area is 155 Å². The van der Waals surface area contributed by atoms with Gasteiger partial charge in [-0.3, -0.25) is 19.7 Å². The van der Waals surface area contributed by atoms with Gasteiger partial charge in [-0.15, -0.1) is 11.3 Å². The van der Waals surface area contributed by atoms with Crippen molar-refractivity contribution in [1.29, 1.82) is 0 Å². The van der Waals surface area contributed by atoms with E-state index in [1.165, 1.54) is 17.4 Å². The van der Waals surface area contributed by atoms with Crippen LogP contribution in [0.2, 0.25) is 0 Å². The van der Waals surface area contributed by atoms with Crippen molar-refractivity contribution in [1.82, 2.24) is 15.5 Å². The number of hydrogen-bond donors (Lipinski definition) is 2. The van der Waals surface area contributed by atoms with Gasteiger partial charge in [0.25, 0.3) is 0 Å². The molecule has 1 aromatic rings. The Morgan fingerprint density at radius 2 is 2.36 bits per heavy atom. The fraction of sp³-hybridized carbons (Fsp3) is 0.375. The predicted octanol–water partition coefficient (Wildman–Crippen LogP) is 0.916. The zero-order chi connectivity index (χ0) is 18.2. The molecule has 1 saturated heterocycles. The Morgan fingerprint density at radius 1 is 1.56 bits per heavy atom. The van der Waals surface area contributed by atoms with E-state index in [0.717, 1.165) is 4.88 Å². The molecule has 0 unspecified atom stereocenters. The van der Waals surface area contributed by atoms with Gasteiger partial charge in [-0.1, -0.05) is 6.07 Å². The summed E-state index contributed by atoms with van der Waals surface area (Å²) in [6, 6.07) is 2.98. The van der Waals surface area contributed by atoms with Gasteiger partial charge >= 0.3 is 5.97 Å². The maximum absolute atomic E-state index is 12.1. The average molecular weight is 381 g/mol. The molecular weight excluding hydrogens is 362 g/mol. The van der Waals surface area contributed by atoms with E-state index in [-0.39, 0.29) is 30.0 Å². The van der Waals surface area contributed by atoms with Crippen LogP contribution >= 0.6 is 23.6 Å². The van der Waals surface area contributed by atoms with Gasteiger partial charge in [-0.05, 0) is 36.7 Å². The van der Waals surface area contributed by atoms with Gasteiger partial charge in [0.1, 0.15) is 6.04 Å². The minimum absolute atomic E-state index is 0.116. The second-order valence-corrected chi connectivity index (χ2v) is 6.52. The first-order chi connectivity index (χ1) is 12.0. The van der Waals surface area contributed by atoms with Crippen LogP contribution in [-0.2, 0) is 19.1 Å². The molecule has 0 bridgehead atoms. The number of ether oxygens (including phenoxy) is 1. The number of esters is 1. The van der Waals surface area contributed by atoms with E-state index in [1.807, 2.05) is 17.5 Å². The fourth-order valence-corrected chi connectivity index (χ4v) is 3.24. The highest BCUT2D eigenvalue weighted by Gasteiger charge is 2.33. The molecule has 9 heteroatoms. The molecule has 0 spiro atoms. The molecule has 1 aromatic heterocycles. The maximum atomic E-state index is 12.1. The molecule has 7 nitrogen and oxygen atoms in total. The molecular formula is C16H19N3O4S2. The summed E-state index contributed by atoms with van der Waals surface area (Å²) in [6.07, 6.45) is 2.94. The molecule has 0 radical (unpaired) electrons. The number of piperazine rings is 1. The molecule has 0 aromatic carbocycles. The minimum Gasteiger partial charge on any atom is -0.466 e. The van der Waals surface area contributed by atoms with Crippen molar-refractivity contribution >= 4 is 52.5 Å². The number of carbonyl (C=O) groups is 3. The number of carbonyl (C=O) groups excluding carboxylic acids is 3. The lowest BCUT2D eigenvalue weighted by atomic mass is 10.1. The van der Waals surface area contributed by atoms with E-state index >= 15 is 0 Å². The first-order valence-corrected chi connectivity index (χ1v) is 9.06. The van der Waals surface area contributed by atoms with E-state index in [1.54, 1.807) is 17.9 Å². The highest BCUT2D eigenvalue weighted by molar-refractivity contribution is 7.80. The van der Waals surface area contributed by atoms with Crippen molar-refractivity contribution in [3.63, 3.8) is 0 Å². The molecule has 0 aliphatic carbocycles. The Kier molecular flexibility index (Phi) is 7.08. The van der Waals surface area contributed by atoms with Crippen molar-refractivity contribution in [2.45, 2.75) is 19.4 Å². The minimum atomic E-state index is -0.790. The number of amides is 2. The zero-order valence-corrected chi connectivity index (χ0v) is 15.3. The fourth-order valence-electron chi connectivity index (χ4n) is 2.30. The second kappa shape index (κ2) is 9.28. The highest BCUT2D eigenvalue weighted by atomic mass is 32.1. The van der Waals surface area contributed by atoms with Crippen molar-refractivity contribution < 1.29 is 19.1 Å². The molecule has 2 heterocycles. The number of rotatable bonds is 5. The lowest BCUT2D eigenvalue weighted by molar-refractivity contribution is -0.147. The third-order valence-corrected chi connectivity index (χ3v) is 4.60. The topological polar surface area (TPSA) is 87.7 Å². The molecule has 0 saturated carbocycles. The molecule has 25 heavy (non-hydrogen) atoms. The first kappa shape index (κ1) is 19.1. The summed E-state index contributed by atoms with van der Waals surface area (Å²) in [7, 11) is 0. The smallest absolute Gasteiger partial charge is 0.308 e. The highest BCUT2D eigenvalue weighted by Crippen LogP contribution is 2.12.